The van der Waals surface area contributed by atoms with Crippen LogP contribution in [0.15, 0.2) is 47.6 Å². The van der Waals surface area contributed by atoms with E-state index < -0.39 is 17.5 Å². The fourth-order valence-corrected chi connectivity index (χ4v) is 1.64. The number of rotatable bonds is 3. The zero-order valence-corrected chi connectivity index (χ0v) is 10.7. The summed E-state index contributed by atoms with van der Waals surface area (Å²) in [5.41, 5.74) is 5.95. The first-order valence-corrected chi connectivity index (χ1v) is 5.85. The predicted octanol–water partition coefficient (Wildman–Crippen LogP) is 2.31. The van der Waals surface area contributed by atoms with E-state index in [1.54, 1.807) is 0 Å². The standard InChI is InChI=1S/C14H11F2N3O2/c15-10-5-6-12(11(16)7-10)18-14(20)9-3-1-8(2-4-9)13(17)19-21/h1-7,21H,(H2,17,19)(H,18,20). The van der Waals surface area contributed by atoms with E-state index in [1.165, 1.54) is 24.3 Å². The highest BCUT2D eigenvalue weighted by Gasteiger charge is 2.10. The molecule has 21 heavy (non-hydrogen) atoms. The molecule has 0 heterocycles. The molecule has 0 fully saturated rings. The van der Waals surface area contributed by atoms with Gasteiger partial charge in [0.25, 0.3) is 5.91 Å². The molecule has 0 radical (unpaired) electrons. The Labute approximate surface area is 118 Å². The van der Waals surface area contributed by atoms with E-state index in [0.717, 1.165) is 12.1 Å². The van der Waals surface area contributed by atoms with E-state index in [1.807, 2.05) is 0 Å². The van der Waals surface area contributed by atoms with Gasteiger partial charge < -0.3 is 16.3 Å². The molecule has 108 valence electrons. The third-order valence-corrected chi connectivity index (χ3v) is 2.73. The monoisotopic (exact) mass is 291 g/mol. The SMILES string of the molecule is N/C(=N\O)c1ccc(C(=O)Nc2ccc(F)cc2F)cc1. The highest BCUT2D eigenvalue weighted by Crippen LogP contribution is 2.16. The van der Waals surface area contributed by atoms with Gasteiger partial charge in [0.2, 0.25) is 0 Å². The number of anilines is 1. The van der Waals surface area contributed by atoms with Crippen molar-refractivity contribution >= 4 is 17.4 Å². The average Bonchev–Trinajstić information content (AvgIpc) is 2.49. The first-order valence-electron chi connectivity index (χ1n) is 5.85. The van der Waals surface area contributed by atoms with Gasteiger partial charge >= 0.3 is 0 Å². The number of nitrogens with two attached hydrogens (primary N) is 1. The smallest absolute Gasteiger partial charge is 0.255 e. The van der Waals surface area contributed by atoms with Crippen LogP contribution in [0, 0.1) is 11.6 Å². The van der Waals surface area contributed by atoms with Crippen LogP contribution >= 0.6 is 0 Å². The lowest BCUT2D eigenvalue weighted by Gasteiger charge is -2.07. The normalized spacial score (nSPS) is 11.2. The number of carbonyl (C=O) groups is 1. The minimum absolute atomic E-state index is 0.0912. The maximum atomic E-state index is 13.4. The van der Waals surface area contributed by atoms with E-state index in [0.29, 0.717) is 11.6 Å². The lowest BCUT2D eigenvalue weighted by molar-refractivity contribution is 0.102. The maximum Gasteiger partial charge on any atom is 0.255 e. The molecule has 0 unspecified atom stereocenters. The highest BCUT2D eigenvalue weighted by atomic mass is 19.1. The largest absolute Gasteiger partial charge is 0.409 e. The highest BCUT2D eigenvalue weighted by molar-refractivity contribution is 6.05. The molecule has 0 atom stereocenters. The minimum Gasteiger partial charge on any atom is -0.409 e. The number of carbonyl (C=O) groups excluding carboxylic acids is 1. The Hall–Kier alpha value is -2.96. The molecule has 0 spiro atoms. The zero-order chi connectivity index (χ0) is 15.4. The van der Waals surface area contributed by atoms with E-state index in [4.69, 9.17) is 10.9 Å². The Bertz CT molecular complexity index is 700. The lowest BCUT2D eigenvalue weighted by Crippen LogP contribution is -2.15. The predicted molar refractivity (Wildman–Crippen MR) is 73.3 cm³/mol. The fraction of sp³-hybridized carbons (Fsp3) is 0. The number of oxime groups is 1. The first-order chi connectivity index (χ1) is 10.0. The molecule has 5 nitrogen and oxygen atoms in total. The third-order valence-electron chi connectivity index (χ3n) is 2.73. The quantitative estimate of drug-likeness (QED) is 0.351. The van der Waals surface area contributed by atoms with Gasteiger partial charge in [0.05, 0.1) is 5.69 Å². The molecule has 0 aliphatic rings. The summed E-state index contributed by atoms with van der Waals surface area (Å²) in [6, 6.07) is 8.68. The Morgan fingerprint density at radius 2 is 1.71 bits per heavy atom. The zero-order valence-electron chi connectivity index (χ0n) is 10.7. The summed E-state index contributed by atoms with van der Waals surface area (Å²) in [7, 11) is 0. The van der Waals surface area contributed by atoms with Crippen LogP contribution in [0.25, 0.3) is 0 Å². The number of nitrogens with zero attached hydrogens (tertiary/aromatic N) is 1. The Kier molecular flexibility index (Phi) is 4.13. The van der Waals surface area contributed by atoms with Crippen LogP contribution < -0.4 is 11.1 Å². The summed E-state index contributed by atoms with van der Waals surface area (Å²) in [5, 5.41) is 13.7. The maximum absolute atomic E-state index is 13.4. The fourth-order valence-electron chi connectivity index (χ4n) is 1.64. The minimum atomic E-state index is -0.864. The van der Waals surface area contributed by atoms with Crippen LogP contribution in [0.4, 0.5) is 14.5 Å². The van der Waals surface area contributed by atoms with E-state index in [9.17, 15) is 13.6 Å². The molecule has 7 heteroatoms. The van der Waals surface area contributed by atoms with Crippen molar-refractivity contribution in [1.29, 1.82) is 0 Å². The second kappa shape index (κ2) is 6.00. The number of amides is 1. The number of nitrogens with one attached hydrogen (secondary N) is 1. The van der Waals surface area contributed by atoms with Gasteiger partial charge in [-0.25, -0.2) is 8.78 Å². The third kappa shape index (κ3) is 3.33. The van der Waals surface area contributed by atoms with Gasteiger partial charge in [-0.2, -0.15) is 0 Å². The number of benzene rings is 2. The van der Waals surface area contributed by atoms with Gasteiger partial charge in [-0.1, -0.05) is 17.3 Å². The first kappa shape index (κ1) is 14.4. The molecular formula is C14H11F2N3O2. The summed E-state index contributed by atoms with van der Waals surface area (Å²) in [6.07, 6.45) is 0. The number of hydrogen-bond donors (Lipinski definition) is 3. The molecule has 2 rings (SSSR count). The molecule has 0 aliphatic carbocycles. The van der Waals surface area contributed by atoms with Crippen molar-refractivity contribution in [3.63, 3.8) is 0 Å². The van der Waals surface area contributed by atoms with Crippen molar-refractivity contribution in [2.24, 2.45) is 10.9 Å². The number of halogens is 2. The summed E-state index contributed by atoms with van der Waals surface area (Å²) < 4.78 is 26.2. The van der Waals surface area contributed by atoms with Gasteiger partial charge in [0.1, 0.15) is 11.6 Å². The van der Waals surface area contributed by atoms with Crippen LogP contribution in [0.3, 0.4) is 0 Å². The van der Waals surface area contributed by atoms with Crippen molar-refractivity contribution in [1.82, 2.24) is 0 Å². The lowest BCUT2D eigenvalue weighted by atomic mass is 10.1. The van der Waals surface area contributed by atoms with E-state index in [2.05, 4.69) is 10.5 Å². The summed E-state index contributed by atoms with van der Waals surface area (Å²) in [5.74, 6) is -2.25. The van der Waals surface area contributed by atoms with Gasteiger partial charge in [0, 0.05) is 17.2 Å². The molecule has 2 aromatic carbocycles. The Morgan fingerprint density at radius 1 is 1.10 bits per heavy atom. The van der Waals surface area contributed by atoms with Crippen molar-refractivity contribution in [3.05, 3.63) is 65.2 Å². The van der Waals surface area contributed by atoms with Crippen LogP contribution in [0.1, 0.15) is 15.9 Å². The van der Waals surface area contributed by atoms with E-state index >= 15 is 0 Å². The molecule has 0 bridgehead atoms. The second-order valence-corrected chi connectivity index (χ2v) is 4.14. The number of amidine groups is 1. The Balaban J connectivity index is 2.17. The topological polar surface area (TPSA) is 87.7 Å². The van der Waals surface area contributed by atoms with Crippen LogP contribution in [0.5, 0.6) is 0 Å². The molecule has 0 saturated heterocycles. The van der Waals surface area contributed by atoms with Gasteiger partial charge in [-0.3, -0.25) is 4.79 Å². The van der Waals surface area contributed by atoms with Crippen molar-refractivity contribution in [3.8, 4) is 0 Å². The average molecular weight is 291 g/mol. The van der Waals surface area contributed by atoms with Crippen molar-refractivity contribution < 1.29 is 18.8 Å². The van der Waals surface area contributed by atoms with Crippen molar-refractivity contribution in [2.75, 3.05) is 5.32 Å². The molecule has 0 saturated carbocycles. The van der Waals surface area contributed by atoms with Crippen molar-refractivity contribution in [2.45, 2.75) is 0 Å². The van der Waals surface area contributed by atoms with Gasteiger partial charge in [-0.05, 0) is 24.3 Å². The van der Waals surface area contributed by atoms with Crippen LogP contribution in [-0.4, -0.2) is 17.0 Å². The summed E-state index contributed by atoms with van der Waals surface area (Å²) in [4.78, 5) is 11.9. The van der Waals surface area contributed by atoms with Crippen LogP contribution in [-0.2, 0) is 0 Å². The second-order valence-electron chi connectivity index (χ2n) is 4.14. The Morgan fingerprint density at radius 3 is 2.29 bits per heavy atom. The molecular weight excluding hydrogens is 280 g/mol. The number of hydrogen-bond acceptors (Lipinski definition) is 3. The molecule has 0 aliphatic heterocycles. The van der Waals surface area contributed by atoms with E-state index in [-0.39, 0.29) is 17.1 Å². The van der Waals surface area contributed by atoms with Gasteiger partial charge in [0.15, 0.2) is 5.84 Å². The molecule has 1 amide bonds. The summed E-state index contributed by atoms with van der Waals surface area (Å²) in [6.45, 7) is 0. The van der Waals surface area contributed by atoms with Gasteiger partial charge in [-0.15, -0.1) is 0 Å². The molecule has 2 aromatic rings. The summed E-state index contributed by atoms with van der Waals surface area (Å²) >= 11 is 0. The van der Waals surface area contributed by atoms with Crippen LogP contribution in [0.2, 0.25) is 0 Å². The molecule has 0 aromatic heterocycles. The molecule has 4 N–H and O–H groups in total.